The molecule has 0 aromatic heterocycles. The van der Waals surface area contributed by atoms with Crippen molar-refractivity contribution in [2.45, 2.75) is 37.1 Å². The maximum Gasteiger partial charge on any atom is 0.322 e. The number of carbonyl (C=O) groups is 3. The Bertz CT molecular complexity index is 736. The van der Waals surface area contributed by atoms with Gasteiger partial charge < -0.3 is 11.1 Å². The van der Waals surface area contributed by atoms with E-state index < -0.39 is 17.0 Å². The van der Waals surface area contributed by atoms with Crippen LogP contribution in [0.2, 0.25) is 0 Å². The second-order valence-electron chi connectivity index (χ2n) is 6.28. The maximum atomic E-state index is 11.5. The summed E-state index contributed by atoms with van der Waals surface area (Å²) in [6.45, 7) is 1.71. The first-order valence-corrected chi connectivity index (χ1v) is 7.39. The maximum absolute atomic E-state index is 11.5. The molecule has 0 bridgehead atoms. The normalized spacial score (nSPS) is 24.7. The summed E-state index contributed by atoms with van der Waals surface area (Å²) in [6, 6.07) is 6.82. The van der Waals surface area contributed by atoms with Crippen LogP contribution in [0.25, 0.3) is 0 Å². The van der Waals surface area contributed by atoms with E-state index in [1.54, 1.807) is 6.92 Å². The predicted molar refractivity (Wildman–Crippen MR) is 83.1 cm³/mol. The van der Waals surface area contributed by atoms with Gasteiger partial charge in [0.25, 0.3) is 0 Å². The zero-order valence-electron chi connectivity index (χ0n) is 12.7. The van der Waals surface area contributed by atoms with Gasteiger partial charge in [0.15, 0.2) is 0 Å². The molecule has 1 aliphatic heterocycles. The summed E-state index contributed by atoms with van der Waals surface area (Å²) in [5.74, 6) is 5.26. The highest BCUT2D eigenvalue weighted by molar-refractivity contribution is 5.98. The van der Waals surface area contributed by atoms with Gasteiger partial charge in [-0.1, -0.05) is 24.0 Å². The smallest absolute Gasteiger partial charge is 0.322 e. The number of imide groups is 1. The van der Waals surface area contributed by atoms with Crippen molar-refractivity contribution in [1.82, 2.24) is 10.6 Å². The average Bonchev–Trinajstić information content (AvgIpc) is 3.26. The van der Waals surface area contributed by atoms with Crippen LogP contribution in [0.3, 0.4) is 0 Å². The van der Waals surface area contributed by atoms with E-state index in [0.717, 1.165) is 24.0 Å². The van der Waals surface area contributed by atoms with Gasteiger partial charge in [-0.25, -0.2) is 4.79 Å². The van der Waals surface area contributed by atoms with Crippen LogP contribution in [-0.2, 0) is 15.0 Å². The minimum atomic E-state index is -0.886. The van der Waals surface area contributed by atoms with Crippen LogP contribution in [0, 0.1) is 11.8 Å². The number of hydrogen-bond donors (Lipinski definition) is 3. The summed E-state index contributed by atoms with van der Waals surface area (Å²) in [4.78, 5) is 34.3. The number of hydrogen-bond acceptors (Lipinski definition) is 3. The number of urea groups is 1. The van der Waals surface area contributed by atoms with Crippen LogP contribution in [0.15, 0.2) is 24.3 Å². The van der Waals surface area contributed by atoms with Gasteiger partial charge in [-0.3, -0.25) is 14.9 Å². The van der Waals surface area contributed by atoms with E-state index in [1.165, 1.54) is 0 Å². The molecule has 1 heterocycles. The van der Waals surface area contributed by atoms with Gasteiger partial charge in [0.05, 0.1) is 11.8 Å². The molecule has 1 aromatic rings. The van der Waals surface area contributed by atoms with Gasteiger partial charge >= 0.3 is 6.03 Å². The Balaban J connectivity index is 1.78. The van der Waals surface area contributed by atoms with Gasteiger partial charge in [-0.15, -0.1) is 0 Å². The average molecular weight is 311 g/mol. The van der Waals surface area contributed by atoms with Crippen molar-refractivity contribution < 1.29 is 14.4 Å². The van der Waals surface area contributed by atoms with Crippen molar-refractivity contribution >= 4 is 17.8 Å². The zero-order valence-corrected chi connectivity index (χ0v) is 12.7. The number of amides is 4. The molecule has 2 fully saturated rings. The third-order valence-electron chi connectivity index (χ3n) is 4.30. The third kappa shape index (κ3) is 2.90. The number of nitrogens with two attached hydrogens (primary N) is 1. The highest BCUT2D eigenvalue weighted by Gasteiger charge is 2.49. The molecule has 0 spiro atoms. The minimum Gasteiger partial charge on any atom is -0.369 e. The van der Waals surface area contributed by atoms with Crippen LogP contribution in [0.4, 0.5) is 4.79 Å². The molecule has 2 aliphatic rings. The Hall–Kier alpha value is -2.81. The van der Waals surface area contributed by atoms with E-state index >= 15 is 0 Å². The first-order valence-electron chi connectivity index (χ1n) is 7.39. The summed E-state index contributed by atoms with van der Waals surface area (Å²) in [5, 5.41) is 4.82. The topological polar surface area (TPSA) is 101 Å². The van der Waals surface area contributed by atoms with E-state index in [1.807, 2.05) is 24.3 Å². The Morgan fingerprint density at radius 3 is 2.39 bits per heavy atom. The van der Waals surface area contributed by atoms with Gasteiger partial charge in [0, 0.05) is 5.56 Å². The fourth-order valence-corrected chi connectivity index (χ4v) is 2.78. The Morgan fingerprint density at radius 2 is 1.87 bits per heavy atom. The second-order valence-corrected chi connectivity index (χ2v) is 6.28. The van der Waals surface area contributed by atoms with Gasteiger partial charge in [-0.2, -0.15) is 0 Å². The lowest BCUT2D eigenvalue weighted by atomic mass is 9.93. The highest BCUT2D eigenvalue weighted by atomic mass is 16.2. The fourth-order valence-electron chi connectivity index (χ4n) is 2.78. The lowest BCUT2D eigenvalue weighted by Crippen LogP contribution is -2.58. The largest absolute Gasteiger partial charge is 0.369 e. The summed E-state index contributed by atoms with van der Waals surface area (Å²) in [7, 11) is 0. The predicted octanol–water partition coefficient (Wildman–Crippen LogP) is 0.543. The van der Waals surface area contributed by atoms with E-state index in [4.69, 9.17) is 5.73 Å². The Kier molecular flexibility index (Phi) is 3.37. The van der Waals surface area contributed by atoms with E-state index in [-0.39, 0.29) is 18.2 Å². The van der Waals surface area contributed by atoms with Crippen molar-refractivity contribution in [3.8, 4) is 11.8 Å². The molecule has 4 N–H and O–H groups in total. The minimum absolute atomic E-state index is 0.106. The van der Waals surface area contributed by atoms with E-state index in [2.05, 4.69) is 22.5 Å². The standard InChI is InChI=1S/C17H17N3O3/c1-16(10-13(21)19-15(23)20-16)7-6-11-2-4-12(5-3-11)17(8-9-17)14(18)22/h2-5H,8-10H2,1H3,(H2,18,22)(H2,19,20,21,23). The summed E-state index contributed by atoms with van der Waals surface area (Å²) in [5.41, 5.74) is 5.72. The zero-order chi connectivity index (χ0) is 16.7. The first kappa shape index (κ1) is 15.1. The molecule has 23 heavy (non-hydrogen) atoms. The van der Waals surface area contributed by atoms with Crippen molar-refractivity contribution in [1.29, 1.82) is 0 Å². The Morgan fingerprint density at radius 1 is 1.22 bits per heavy atom. The molecule has 118 valence electrons. The molecule has 6 nitrogen and oxygen atoms in total. The number of carbonyl (C=O) groups excluding carboxylic acids is 3. The molecule has 6 heteroatoms. The third-order valence-corrected chi connectivity index (χ3v) is 4.30. The van der Waals surface area contributed by atoms with Crippen LogP contribution in [0.1, 0.15) is 37.3 Å². The number of rotatable bonds is 2. The van der Waals surface area contributed by atoms with Crippen LogP contribution < -0.4 is 16.4 Å². The molecule has 0 radical (unpaired) electrons. The highest BCUT2D eigenvalue weighted by Crippen LogP contribution is 2.47. The van der Waals surface area contributed by atoms with Crippen molar-refractivity contribution in [2.75, 3.05) is 0 Å². The Labute approximate surface area is 133 Å². The molecule has 1 unspecified atom stereocenters. The molecular formula is C17H17N3O3. The van der Waals surface area contributed by atoms with Crippen molar-refractivity contribution in [3.63, 3.8) is 0 Å². The monoisotopic (exact) mass is 311 g/mol. The summed E-state index contributed by atoms with van der Waals surface area (Å²) in [6.07, 6.45) is 1.67. The summed E-state index contributed by atoms with van der Waals surface area (Å²) < 4.78 is 0. The second kappa shape index (κ2) is 5.13. The molecule has 1 atom stereocenters. The fraction of sp³-hybridized carbons (Fsp3) is 0.353. The van der Waals surface area contributed by atoms with Crippen LogP contribution in [-0.4, -0.2) is 23.4 Å². The van der Waals surface area contributed by atoms with Crippen molar-refractivity contribution in [3.05, 3.63) is 35.4 Å². The summed E-state index contributed by atoms with van der Waals surface area (Å²) >= 11 is 0. The SMILES string of the molecule is CC1(C#Cc2ccc(C3(C(N)=O)CC3)cc2)CC(=O)NC(=O)N1. The van der Waals surface area contributed by atoms with Gasteiger partial charge in [-0.05, 0) is 37.5 Å². The molecule has 3 rings (SSSR count). The number of primary amides is 1. The van der Waals surface area contributed by atoms with E-state index in [0.29, 0.717) is 0 Å². The lowest BCUT2D eigenvalue weighted by molar-refractivity contribution is -0.122. The van der Waals surface area contributed by atoms with Crippen LogP contribution in [0.5, 0.6) is 0 Å². The van der Waals surface area contributed by atoms with Crippen LogP contribution >= 0.6 is 0 Å². The van der Waals surface area contributed by atoms with Gasteiger partial charge in [0.2, 0.25) is 11.8 Å². The molecule has 1 saturated carbocycles. The molecule has 1 saturated heterocycles. The molecule has 1 aliphatic carbocycles. The lowest BCUT2D eigenvalue weighted by Gasteiger charge is -2.28. The van der Waals surface area contributed by atoms with Gasteiger partial charge in [0.1, 0.15) is 5.54 Å². The first-order chi connectivity index (χ1) is 10.8. The van der Waals surface area contributed by atoms with Crippen molar-refractivity contribution in [2.24, 2.45) is 5.73 Å². The molecule has 4 amide bonds. The van der Waals surface area contributed by atoms with E-state index in [9.17, 15) is 14.4 Å². The number of benzene rings is 1. The quantitative estimate of drug-likeness (QED) is 0.695. The number of nitrogens with one attached hydrogen (secondary N) is 2. The molecule has 1 aromatic carbocycles. The molecular weight excluding hydrogens is 294 g/mol.